The number of thiazole rings is 1. The fourth-order valence-corrected chi connectivity index (χ4v) is 5.14. The Balaban J connectivity index is 1.51. The predicted octanol–water partition coefficient (Wildman–Crippen LogP) is 3.16. The zero-order chi connectivity index (χ0) is 21.0. The molecule has 0 bridgehead atoms. The number of aromatic nitrogens is 2. The molecule has 1 amide bonds. The van der Waals surface area contributed by atoms with Crippen molar-refractivity contribution in [2.24, 2.45) is 0 Å². The van der Waals surface area contributed by atoms with Crippen LogP contribution in [0.5, 0.6) is 5.75 Å². The molecule has 0 aliphatic carbocycles. The van der Waals surface area contributed by atoms with Gasteiger partial charge in [-0.3, -0.25) is 9.59 Å². The van der Waals surface area contributed by atoms with Gasteiger partial charge in [0.15, 0.2) is 11.4 Å². The van der Waals surface area contributed by atoms with Crippen LogP contribution in [0, 0.1) is 11.6 Å². The average molecular weight is 429 g/mol. The Morgan fingerprint density at radius 3 is 2.90 bits per heavy atom. The summed E-state index contributed by atoms with van der Waals surface area (Å²) in [6.07, 6.45) is 5.10. The average Bonchev–Trinajstić information content (AvgIpc) is 3.36. The molecule has 1 atom stereocenters. The largest absolute Gasteiger partial charge is 0.503 e. The first-order valence-electron chi connectivity index (χ1n) is 9.58. The second kappa shape index (κ2) is 7.02. The molecule has 1 fully saturated rings. The molecule has 2 aliphatic rings. The topological polar surface area (TPSA) is 75.4 Å². The molecule has 30 heavy (non-hydrogen) atoms. The molecule has 1 unspecified atom stereocenters. The van der Waals surface area contributed by atoms with E-state index in [-0.39, 0.29) is 29.6 Å². The third-order valence-electron chi connectivity index (χ3n) is 5.67. The zero-order valence-corrected chi connectivity index (χ0v) is 16.6. The van der Waals surface area contributed by atoms with Gasteiger partial charge in [0.1, 0.15) is 16.6 Å². The number of rotatable bonds is 3. The second-order valence-electron chi connectivity index (χ2n) is 7.56. The molecule has 1 saturated heterocycles. The number of pyridine rings is 1. The van der Waals surface area contributed by atoms with Crippen LogP contribution in [0.4, 0.5) is 8.78 Å². The summed E-state index contributed by atoms with van der Waals surface area (Å²) in [5, 5.41) is 10.9. The maximum Gasteiger partial charge on any atom is 0.274 e. The lowest BCUT2D eigenvalue weighted by Crippen LogP contribution is -2.45. The van der Waals surface area contributed by atoms with Crippen LogP contribution in [-0.2, 0) is 13.0 Å². The molecule has 4 heterocycles. The molecule has 0 spiro atoms. The number of benzene rings is 1. The minimum absolute atomic E-state index is 0.0204. The summed E-state index contributed by atoms with van der Waals surface area (Å²) in [7, 11) is 0. The number of carbonyl (C=O) groups excluding carboxylic acids is 1. The molecule has 0 radical (unpaired) electrons. The molecule has 9 heteroatoms. The van der Waals surface area contributed by atoms with Gasteiger partial charge in [-0.05, 0) is 24.5 Å². The van der Waals surface area contributed by atoms with Gasteiger partial charge in [0.25, 0.3) is 5.91 Å². The summed E-state index contributed by atoms with van der Waals surface area (Å²) < 4.78 is 28.7. The Hall–Kier alpha value is -3.07. The number of hydrogen-bond donors (Lipinski definition) is 1. The van der Waals surface area contributed by atoms with E-state index in [0.717, 1.165) is 18.9 Å². The van der Waals surface area contributed by atoms with Gasteiger partial charge < -0.3 is 14.6 Å². The monoisotopic (exact) mass is 429 g/mol. The van der Waals surface area contributed by atoms with Gasteiger partial charge in [0.05, 0.1) is 11.6 Å². The van der Waals surface area contributed by atoms with Gasteiger partial charge in [-0.15, -0.1) is 11.3 Å². The first-order chi connectivity index (χ1) is 14.4. The molecule has 1 N–H and O–H groups in total. The standard InChI is InChI=1S/C21H17F2N3O3S/c22-12-4-3-11(16(23)7-12)6-14-8-24-20(30-14)15-10-25-9-13-2-1-5-26(13)21(29)17(25)19(28)18(15)27/h3-4,7-8,10,13,28H,1-2,5-6,9H2. The van der Waals surface area contributed by atoms with Gasteiger partial charge in [-0.1, -0.05) is 6.07 Å². The van der Waals surface area contributed by atoms with Crippen LogP contribution < -0.4 is 5.43 Å². The van der Waals surface area contributed by atoms with Crippen molar-refractivity contribution in [2.75, 3.05) is 6.54 Å². The number of aromatic hydroxyl groups is 1. The third-order valence-corrected chi connectivity index (χ3v) is 6.70. The van der Waals surface area contributed by atoms with Crippen molar-refractivity contribution in [1.29, 1.82) is 0 Å². The molecular weight excluding hydrogens is 412 g/mol. The van der Waals surface area contributed by atoms with Crippen LogP contribution in [0.25, 0.3) is 10.6 Å². The van der Waals surface area contributed by atoms with Gasteiger partial charge in [0, 0.05) is 42.8 Å². The molecule has 2 aliphatic heterocycles. The lowest BCUT2D eigenvalue weighted by molar-refractivity contribution is 0.0661. The molecule has 2 aromatic heterocycles. The van der Waals surface area contributed by atoms with Crippen LogP contribution in [0.3, 0.4) is 0 Å². The molecule has 1 aromatic carbocycles. The second-order valence-corrected chi connectivity index (χ2v) is 8.68. The van der Waals surface area contributed by atoms with E-state index < -0.39 is 22.8 Å². The first-order valence-corrected chi connectivity index (χ1v) is 10.4. The highest BCUT2D eigenvalue weighted by atomic mass is 32.1. The zero-order valence-electron chi connectivity index (χ0n) is 15.8. The van der Waals surface area contributed by atoms with E-state index in [2.05, 4.69) is 4.98 Å². The van der Waals surface area contributed by atoms with E-state index in [1.807, 2.05) is 0 Å². The van der Waals surface area contributed by atoms with Crippen molar-refractivity contribution in [3.8, 4) is 16.3 Å². The molecule has 0 saturated carbocycles. The van der Waals surface area contributed by atoms with E-state index in [9.17, 15) is 23.5 Å². The minimum Gasteiger partial charge on any atom is -0.503 e. The van der Waals surface area contributed by atoms with E-state index in [0.29, 0.717) is 28.5 Å². The smallest absolute Gasteiger partial charge is 0.274 e. The maximum absolute atomic E-state index is 13.9. The summed E-state index contributed by atoms with van der Waals surface area (Å²) >= 11 is 1.20. The summed E-state index contributed by atoms with van der Waals surface area (Å²) in [5.41, 5.74) is -0.108. The minimum atomic E-state index is -0.652. The Kier molecular flexibility index (Phi) is 4.43. The fourth-order valence-electron chi connectivity index (χ4n) is 4.19. The van der Waals surface area contributed by atoms with E-state index in [4.69, 9.17) is 0 Å². The van der Waals surface area contributed by atoms with Crippen LogP contribution >= 0.6 is 11.3 Å². The molecule has 6 nitrogen and oxygen atoms in total. The molecule has 3 aromatic rings. The maximum atomic E-state index is 13.9. The number of carbonyl (C=O) groups is 1. The normalized spacial score (nSPS) is 17.9. The van der Waals surface area contributed by atoms with Gasteiger partial charge in [-0.25, -0.2) is 13.8 Å². The Labute approximate surface area is 174 Å². The fraction of sp³-hybridized carbons (Fsp3) is 0.286. The highest BCUT2D eigenvalue weighted by Gasteiger charge is 2.38. The lowest BCUT2D eigenvalue weighted by Gasteiger charge is -2.32. The SMILES string of the molecule is O=C1c2c(O)c(=O)c(-c3ncc(Cc4ccc(F)cc4F)s3)cn2CC2CCCN12. The van der Waals surface area contributed by atoms with Crippen molar-refractivity contribution in [2.45, 2.75) is 31.8 Å². The number of fused-ring (bicyclic) bond motifs is 2. The van der Waals surface area contributed by atoms with Crippen molar-refractivity contribution >= 4 is 17.2 Å². The quantitative estimate of drug-likeness (QED) is 0.694. The number of nitrogens with zero attached hydrogens (tertiary/aromatic N) is 3. The third kappa shape index (κ3) is 3.00. The van der Waals surface area contributed by atoms with Crippen LogP contribution in [0.1, 0.15) is 33.8 Å². The van der Waals surface area contributed by atoms with Crippen LogP contribution in [0.15, 0.2) is 35.4 Å². The van der Waals surface area contributed by atoms with Gasteiger partial charge in [-0.2, -0.15) is 0 Å². The summed E-state index contributed by atoms with van der Waals surface area (Å²) in [5.74, 6) is -2.18. The highest BCUT2D eigenvalue weighted by molar-refractivity contribution is 7.15. The Morgan fingerprint density at radius 2 is 2.10 bits per heavy atom. The number of amides is 1. The van der Waals surface area contributed by atoms with E-state index in [1.54, 1.807) is 15.7 Å². The van der Waals surface area contributed by atoms with E-state index in [1.165, 1.54) is 29.7 Å². The number of halogens is 2. The van der Waals surface area contributed by atoms with E-state index >= 15 is 0 Å². The molecule has 5 rings (SSSR count). The number of hydrogen-bond acceptors (Lipinski definition) is 5. The summed E-state index contributed by atoms with van der Waals surface area (Å²) in [4.78, 5) is 32.2. The molecular formula is C21H17F2N3O3S. The lowest BCUT2D eigenvalue weighted by atomic mass is 10.1. The van der Waals surface area contributed by atoms with Crippen LogP contribution in [0.2, 0.25) is 0 Å². The Bertz CT molecular complexity index is 1240. The van der Waals surface area contributed by atoms with Gasteiger partial charge in [0.2, 0.25) is 5.43 Å². The highest BCUT2D eigenvalue weighted by Crippen LogP contribution is 2.32. The van der Waals surface area contributed by atoms with Gasteiger partial charge >= 0.3 is 0 Å². The summed E-state index contributed by atoms with van der Waals surface area (Å²) in [6, 6.07) is 3.46. The van der Waals surface area contributed by atoms with Crippen molar-refractivity contribution in [3.63, 3.8) is 0 Å². The Morgan fingerprint density at radius 1 is 1.27 bits per heavy atom. The summed E-state index contributed by atoms with van der Waals surface area (Å²) in [6.45, 7) is 1.15. The predicted molar refractivity (Wildman–Crippen MR) is 107 cm³/mol. The van der Waals surface area contributed by atoms with Crippen molar-refractivity contribution < 1.29 is 18.7 Å². The van der Waals surface area contributed by atoms with Crippen molar-refractivity contribution in [1.82, 2.24) is 14.5 Å². The first kappa shape index (κ1) is 18.9. The van der Waals surface area contributed by atoms with Crippen LogP contribution in [-0.4, -0.2) is 38.1 Å². The molecule has 154 valence electrons. The van der Waals surface area contributed by atoms with Crippen molar-refractivity contribution in [3.05, 3.63) is 68.6 Å².